The number of nitrogens with one attached hydrogen (secondary N) is 1. The molecular weight excluding hydrogens is 471 g/mol. The second kappa shape index (κ2) is 8.96. The van der Waals surface area contributed by atoms with E-state index in [0.29, 0.717) is 23.7 Å². The fraction of sp³-hybridized carbons (Fsp3) is 0.389. The minimum atomic E-state index is -4.74. The zero-order valence-corrected chi connectivity index (χ0v) is 18.1. The first kappa shape index (κ1) is 22.4. The highest BCUT2D eigenvalue weighted by Gasteiger charge is 2.38. The van der Waals surface area contributed by atoms with Gasteiger partial charge in [0.15, 0.2) is 0 Å². The topological polar surface area (TPSA) is 110 Å². The van der Waals surface area contributed by atoms with Gasteiger partial charge >= 0.3 is 12.1 Å². The van der Waals surface area contributed by atoms with Gasteiger partial charge in [-0.2, -0.15) is 18.2 Å². The summed E-state index contributed by atoms with van der Waals surface area (Å²) in [6, 6.07) is 2.53. The lowest BCUT2D eigenvalue weighted by Gasteiger charge is -2.35. The van der Waals surface area contributed by atoms with Crippen molar-refractivity contribution in [2.75, 3.05) is 26.3 Å². The molecule has 170 valence electrons. The molecule has 1 fully saturated rings. The lowest BCUT2D eigenvalue weighted by atomic mass is 10.2. The molecule has 1 N–H and O–H groups in total. The number of aryl methyl sites for hydroxylation is 1. The predicted molar refractivity (Wildman–Crippen MR) is 107 cm³/mol. The first-order chi connectivity index (χ1) is 15.2. The van der Waals surface area contributed by atoms with Crippen molar-refractivity contribution in [1.82, 2.24) is 25.3 Å². The molecule has 0 spiro atoms. The van der Waals surface area contributed by atoms with Crippen molar-refractivity contribution >= 4 is 34.5 Å². The molecule has 0 aliphatic carbocycles. The van der Waals surface area contributed by atoms with E-state index in [-0.39, 0.29) is 40.7 Å². The number of thiazole rings is 1. The van der Waals surface area contributed by atoms with Crippen LogP contribution in [0.5, 0.6) is 0 Å². The van der Waals surface area contributed by atoms with Gasteiger partial charge in [-0.25, -0.2) is 4.98 Å². The van der Waals surface area contributed by atoms with Gasteiger partial charge in [0.05, 0.1) is 40.2 Å². The van der Waals surface area contributed by atoms with Gasteiger partial charge < -0.3 is 19.5 Å². The Morgan fingerprint density at radius 2 is 2.16 bits per heavy atom. The van der Waals surface area contributed by atoms with Crippen molar-refractivity contribution < 1.29 is 32.0 Å². The second-order valence-corrected chi connectivity index (χ2v) is 8.73. The summed E-state index contributed by atoms with van der Waals surface area (Å²) in [6.07, 6.45) is -4.74. The minimum absolute atomic E-state index is 0.149. The minimum Gasteiger partial charge on any atom is -0.377 e. The fourth-order valence-electron chi connectivity index (χ4n) is 3.05. The number of morpholine rings is 1. The van der Waals surface area contributed by atoms with Crippen LogP contribution in [-0.4, -0.2) is 64.2 Å². The third-order valence-electron chi connectivity index (χ3n) is 4.65. The first-order valence-electron chi connectivity index (χ1n) is 9.32. The number of rotatable bonds is 5. The molecule has 1 atom stereocenters. The number of nitrogens with zero attached hydrogens (tertiary/aromatic N) is 4. The highest BCUT2D eigenvalue weighted by atomic mass is 32.1. The molecule has 0 aromatic carbocycles. The maximum Gasteiger partial charge on any atom is 0.471 e. The number of thiophene rings is 1. The molecule has 4 heterocycles. The van der Waals surface area contributed by atoms with E-state index in [1.54, 1.807) is 17.3 Å². The molecule has 0 saturated carbocycles. The number of hydrogen-bond donors (Lipinski definition) is 1. The Labute approximate surface area is 187 Å². The van der Waals surface area contributed by atoms with Crippen molar-refractivity contribution in [2.24, 2.45) is 0 Å². The van der Waals surface area contributed by atoms with Gasteiger partial charge in [0.2, 0.25) is 5.82 Å². The Morgan fingerprint density at radius 3 is 2.84 bits per heavy atom. The Kier molecular flexibility index (Phi) is 6.26. The summed E-state index contributed by atoms with van der Waals surface area (Å²) in [6.45, 7) is 2.96. The molecule has 14 heteroatoms. The molecular formula is C18H16F3N5O4S2. The van der Waals surface area contributed by atoms with E-state index in [4.69, 9.17) is 4.74 Å². The summed E-state index contributed by atoms with van der Waals surface area (Å²) >= 11 is 2.19. The van der Waals surface area contributed by atoms with E-state index in [1.807, 2.05) is 0 Å². The van der Waals surface area contributed by atoms with Gasteiger partial charge in [-0.15, -0.1) is 22.7 Å². The summed E-state index contributed by atoms with van der Waals surface area (Å²) in [5.41, 5.74) is 2.26. The molecule has 32 heavy (non-hydrogen) atoms. The Bertz CT molecular complexity index is 1130. The quantitative estimate of drug-likeness (QED) is 0.589. The molecule has 2 amide bonds. The Balaban J connectivity index is 1.40. The van der Waals surface area contributed by atoms with Crippen molar-refractivity contribution in [3.8, 4) is 10.7 Å². The summed E-state index contributed by atoms with van der Waals surface area (Å²) < 4.78 is 47.6. The van der Waals surface area contributed by atoms with Crippen molar-refractivity contribution in [2.45, 2.75) is 19.1 Å². The number of alkyl halides is 3. The Morgan fingerprint density at radius 1 is 1.34 bits per heavy atom. The second-order valence-electron chi connectivity index (χ2n) is 6.79. The zero-order chi connectivity index (χ0) is 22.9. The van der Waals surface area contributed by atoms with Crippen LogP contribution < -0.4 is 5.32 Å². The van der Waals surface area contributed by atoms with Crippen LogP contribution in [0.15, 0.2) is 22.2 Å². The summed E-state index contributed by atoms with van der Waals surface area (Å²) in [7, 11) is 0. The average molecular weight is 487 g/mol. The normalized spacial score (nSPS) is 16.9. The van der Waals surface area contributed by atoms with Gasteiger partial charge in [-0.1, -0.05) is 5.16 Å². The largest absolute Gasteiger partial charge is 0.471 e. The molecule has 1 aliphatic heterocycles. The third kappa shape index (κ3) is 4.66. The molecule has 4 rings (SSSR count). The molecule has 1 unspecified atom stereocenters. The number of carbonyl (C=O) groups excluding carboxylic acids is 2. The lowest BCUT2D eigenvalue weighted by molar-refractivity contribution is -0.159. The molecule has 3 aromatic heterocycles. The number of ether oxygens (including phenoxy) is 1. The molecule has 1 saturated heterocycles. The molecule has 3 aromatic rings. The van der Waals surface area contributed by atoms with Crippen molar-refractivity contribution in [3.05, 3.63) is 39.0 Å². The number of carbonyl (C=O) groups is 2. The van der Waals surface area contributed by atoms with Crippen LogP contribution in [-0.2, 0) is 10.9 Å². The molecule has 0 radical (unpaired) electrons. The summed E-state index contributed by atoms with van der Waals surface area (Å²) in [4.78, 5) is 35.6. The van der Waals surface area contributed by atoms with E-state index >= 15 is 0 Å². The van der Waals surface area contributed by atoms with Crippen LogP contribution in [0, 0.1) is 6.92 Å². The van der Waals surface area contributed by atoms with E-state index < -0.39 is 18.0 Å². The van der Waals surface area contributed by atoms with E-state index in [2.05, 4.69) is 25.0 Å². The third-order valence-corrected chi connectivity index (χ3v) is 6.64. The number of amides is 2. The molecule has 0 bridgehead atoms. The standard InChI is InChI=1S/C18H16F3N5O4S2/c1-9-13(31-8-23-9)16(28)26-4-5-29-7-10(26)6-22-15(27)12-3-2-11(32-12)14-24-17(30-25-14)18(19,20)21/h2-3,8,10H,4-7H2,1H3,(H,22,27). The van der Waals surface area contributed by atoms with Crippen LogP contribution in [0.25, 0.3) is 10.7 Å². The Hall–Kier alpha value is -2.84. The van der Waals surface area contributed by atoms with E-state index in [9.17, 15) is 22.8 Å². The van der Waals surface area contributed by atoms with Crippen LogP contribution >= 0.6 is 22.7 Å². The van der Waals surface area contributed by atoms with Gasteiger partial charge in [-0.3, -0.25) is 9.59 Å². The molecule has 1 aliphatic rings. The molecule has 9 nitrogen and oxygen atoms in total. The van der Waals surface area contributed by atoms with Crippen molar-refractivity contribution in [1.29, 1.82) is 0 Å². The van der Waals surface area contributed by atoms with Gasteiger partial charge in [-0.05, 0) is 19.1 Å². The highest BCUT2D eigenvalue weighted by molar-refractivity contribution is 7.17. The average Bonchev–Trinajstić information content (AvgIpc) is 3.51. The smallest absolute Gasteiger partial charge is 0.377 e. The van der Waals surface area contributed by atoms with Crippen LogP contribution in [0.3, 0.4) is 0 Å². The first-order valence-corrected chi connectivity index (χ1v) is 11.0. The van der Waals surface area contributed by atoms with Gasteiger partial charge in [0.1, 0.15) is 4.88 Å². The highest BCUT2D eigenvalue weighted by Crippen LogP contribution is 2.31. The number of halogens is 3. The van der Waals surface area contributed by atoms with Crippen LogP contribution in [0.4, 0.5) is 13.2 Å². The van der Waals surface area contributed by atoms with E-state index in [0.717, 1.165) is 11.3 Å². The monoisotopic (exact) mass is 487 g/mol. The maximum atomic E-state index is 12.9. The van der Waals surface area contributed by atoms with Crippen LogP contribution in [0.1, 0.15) is 30.9 Å². The SMILES string of the molecule is Cc1ncsc1C(=O)N1CCOCC1CNC(=O)c1ccc(-c2noc(C(F)(F)F)n2)s1. The summed E-state index contributed by atoms with van der Waals surface area (Å²) in [5.74, 6) is -2.31. The predicted octanol–water partition coefficient (Wildman–Crippen LogP) is 2.85. The summed E-state index contributed by atoms with van der Waals surface area (Å²) in [5, 5.41) is 6.06. The van der Waals surface area contributed by atoms with Gasteiger partial charge in [0.25, 0.3) is 11.8 Å². The zero-order valence-electron chi connectivity index (χ0n) is 16.5. The van der Waals surface area contributed by atoms with Crippen LogP contribution in [0.2, 0.25) is 0 Å². The lowest BCUT2D eigenvalue weighted by Crippen LogP contribution is -2.53. The number of hydrogen-bond acceptors (Lipinski definition) is 9. The van der Waals surface area contributed by atoms with E-state index in [1.165, 1.54) is 23.5 Å². The van der Waals surface area contributed by atoms with Gasteiger partial charge in [0, 0.05) is 13.1 Å². The van der Waals surface area contributed by atoms with Crippen molar-refractivity contribution in [3.63, 3.8) is 0 Å². The number of aromatic nitrogens is 3. The fourth-order valence-corrected chi connectivity index (χ4v) is 4.65. The maximum absolute atomic E-state index is 12.9.